The molecular formula is C12H26O3. The molecule has 0 aliphatic rings. The Labute approximate surface area is 94.1 Å². The molecule has 3 nitrogen and oxygen atoms in total. The van der Waals surface area contributed by atoms with Gasteiger partial charge in [0.1, 0.15) is 0 Å². The molecule has 3 heteroatoms. The Morgan fingerprint density at radius 2 is 1.20 bits per heavy atom. The number of methoxy groups -OCH3 is 2. The van der Waals surface area contributed by atoms with E-state index in [9.17, 15) is 0 Å². The van der Waals surface area contributed by atoms with Crippen LogP contribution in [0.2, 0.25) is 0 Å². The van der Waals surface area contributed by atoms with Gasteiger partial charge in [0.15, 0.2) is 0 Å². The van der Waals surface area contributed by atoms with Crippen LogP contribution in [0.25, 0.3) is 0 Å². The van der Waals surface area contributed by atoms with Crippen molar-refractivity contribution in [2.24, 2.45) is 11.8 Å². The lowest BCUT2D eigenvalue weighted by atomic mass is 10.1. The van der Waals surface area contributed by atoms with Gasteiger partial charge >= 0.3 is 0 Å². The van der Waals surface area contributed by atoms with Gasteiger partial charge in [-0.15, -0.1) is 0 Å². The van der Waals surface area contributed by atoms with Crippen LogP contribution in [0.4, 0.5) is 0 Å². The van der Waals surface area contributed by atoms with Gasteiger partial charge in [-0.25, -0.2) is 0 Å². The molecule has 0 heterocycles. The second-order valence-electron chi connectivity index (χ2n) is 4.31. The van der Waals surface area contributed by atoms with E-state index in [1.54, 1.807) is 14.2 Å². The van der Waals surface area contributed by atoms with Gasteiger partial charge in [-0.2, -0.15) is 0 Å². The Morgan fingerprint density at radius 3 is 1.53 bits per heavy atom. The van der Waals surface area contributed by atoms with E-state index in [4.69, 9.17) is 14.2 Å². The summed E-state index contributed by atoms with van der Waals surface area (Å²) in [7, 11) is 3.48. The second-order valence-corrected chi connectivity index (χ2v) is 4.31. The van der Waals surface area contributed by atoms with Crippen molar-refractivity contribution in [1.82, 2.24) is 0 Å². The minimum atomic E-state index is 0.589. The first-order chi connectivity index (χ1) is 7.20. The van der Waals surface area contributed by atoms with E-state index >= 15 is 0 Å². The first-order valence-electron chi connectivity index (χ1n) is 5.76. The van der Waals surface area contributed by atoms with Gasteiger partial charge in [-0.3, -0.25) is 0 Å². The minimum absolute atomic E-state index is 0.589. The molecule has 0 aromatic heterocycles. The predicted octanol–water partition coefficient (Wildman–Crippen LogP) is 2.35. The van der Waals surface area contributed by atoms with E-state index in [0.717, 1.165) is 39.3 Å². The summed E-state index contributed by atoms with van der Waals surface area (Å²) in [6, 6.07) is 0. The molecule has 0 amide bonds. The van der Waals surface area contributed by atoms with E-state index < -0.39 is 0 Å². The number of hydrogen-bond donors (Lipinski definition) is 0. The highest BCUT2D eigenvalue weighted by atomic mass is 16.5. The zero-order chi connectivity index (χ0) is 11.5. The van der Waals surface area contributed by atoms with Gasteiger partial charge in [0, 0.05) is 40.6 Å². The quantitative estimate of drug-likeness (QED) is 0.527. The van der Waals surface area contributed by atoms with Gasteiger partial charge in [0.2, 0.25) is 0 Å². The van der Waals surface area contributed by atoms with Crippen molar-refractivity contribution in [3.05, 3.63) is 0 Å². The lowest BCUT2D eigenvalue weighted by Gasteiger charge is -2.12. The van der Waals surface area contributed by atoms with Crippen LogP contribution in [0.3, 0.4) is 0 Å². The van der Waals surface area contributed by atoms with Crippen molar-refractivity contribution in [2.75, 3.05) is 40.6 Å². The Morgan fingerprint density at radius 1 is 0.800 bits per heavy atom. The van der Waals surface area contributed by atoms with Crippen LogP contribution >= 0.6 is 0 Å². The molecule has 92 valence electrons. The smallest absolute Gasteiger partial charge is 0.0488 e. The lowest BCUT2D eigenvalue weighted by molar-refractivity contribution is 0.0790. The van der Waals surface area contributed by atoms with Gasteiger partial charge in [-0.05, 0) is 24.7 Å². The molecule has 0 rings (SSSR count). The zero-order valence-electron chi connectivity index (χ0n) is 10.6. The van der Waals surface area contributed by atoms with Crippen LogP contribution in [0.15, 0.2) is 0 Å². The normalized spacial score (nSPS) is 15.2. The third-order valence-electron chi connectivity index (χ3n) is 2.41. The molecule has 0 aliphatic carbocycles. The molecule has 2 atom stereocenters. The van der Waals surface area contributed by atoms with Crippen LogP contribution < -0.4 is 0 Å². The maximum absolute atomic E-state index is 5.56. The summed E-state index contributed by atoms with van der Waals surface area (Å²) < 4.78 is 15.7. The molecule has 0 fully saturated rings. The maximum atomic E-state index is 5.56. The summed E-state index contributed by atoms with van der Waals surface area (Å²) in [4.78, 5) is 0. The summed E-state index contributed by atoms with van der Waals surface area (Å²) in [5, 5.41) is 0. The van der Waals surface area contributed by atoms with Crippen LogP contribution in [-0.2, 0) is 14.2 Å². The Kier molecular flexibility index (Phi) is 10.3. The fourth-order valence-electron chi connectivity index (χ4n) is 1.41. The highest BCUT2D eigenvalue weighted by Gasteiger charge is 2.03. The predicted molar refractivity (Wildman–Crippen MR) is 62.1 cm³/mol. The third kappa shape index (κ3) is 10.2. The topological polar surface area (TPSA) is 27.7 Å². The van der Waals surface area contributed by atoms with Crippen LogP contribution in [0.5, 0.6) is 0 Å². The van der Waals surface area contributed by atoms with Crippen LogP contribution in [0, 0.1) is 11.8 Å². The third-order valence-corrected chi connectivity index (χ3v) is 2.41. The SMILES string of the molecule is COCC(C)CCOCCC(C)COC. The number of hydrogen-bond acceptors (Lipinski definition) is 3. The molecule has 2 unspecified atom stereocenters. The Balaban J connectivity index is 3.17. The van der Waals surface area contributed by atoms with Crippen LogP contribution in [0.1, 0.15) is 26.7 Å². The standard InChI is InChI=1S/C12H26O3/c1-11(9-13-3)5-7-15-8-6-12(2)10-14-4/h11-12H,5-10H2,1-4H3. The summed E-state index contributed by atoms with van der Waals surface area (Å²) in [6.45, 7) is 7.68. The second kappa shape index (κ2) is 10.4. The fraction of sp³-hybridized carbons (Fsp3) is 1.00. The fourth-order valence-corrected chi connectivity index (χ4v) is 1.41. The maximum Gasteiger partial charge on any atom is 0.0488 e. The molecule has 0 saturated carbocycles. The summed E-state index contributed by atoms with van der Waals surface area (Å²) in [6.07, 6.45) is 2.15. The number of ether oxygens (including phenoxy) is 3. The van der Waals surface area contributed by atoms with Crippen LogP contribution in [-0.4, -0.2) is 40.6 Å². The van der Waals surface area contributed by atoms with E-state index in [1.807, 2.05) is 0 Å². The van der Waals surface area contributed by atoms with E-state index in [0.29, 0.717) is 11.8 Å². The average molecular weight is 218 g/mol. The van der Waals surface area contributed by atoms with Gasteiger partial charge in [-0.1, -0.05) is 13.8 Å². The van der Waals surface area contributed by atoms with Crippen molar-refractivity contribution in [1.29, 1.82) is 0 Å². The highest BCUT2D eigenvalue weighted by molar-refractivity contribution is 4.52. The molecule has 0 N–H and O–H groups in total. The molecule has 0 aromatic rings. The van der Waals surface area contributed by atoms with E-state index in [1.165, 1.54) is 0 Å². The summed E-state index contributed by atoms with van der Waals surface area (Å²) >= 11 is 0. The molecule has 15 heavy (non-hydrogen) atoms. The Bertz CT molecular complexity index is 114. The van der Waals surface area contributed by atoms with Gasteiger partial charge < -0.3 is 14.2 Å². The monoisotopic (exact) mass is 218 g/mol. The molecule has 0 aliphatic heterocycles. The summed E-state index contributed by atoms with van der Waals surface area (Å²) in [5.41, 5.74) is 0. The average Bonchev–Trinajstić information content (AvgIpc) is 2.18. The Hall–Kier alpha value is -0.120. The highest BCUT2D eigenvalue weighted by Crippen LogP contribution is 2.05. The molecular weight excluding hydrogens is 192 g/mol. The lowest BCUT2D eigenvalue weighted by Crippen LogP contribution is -2.11. The van der Waals surface area contributed by atoms with Crippen molar-refractivity contribution < 1.29 is 14.2 Å². The molecule has 0 saturated heterocycles. The summed E-state index contributed by atoms with van der Waals surface area (Å²) in [5.74, 6) is 1.18. The van der Waals surface area contributed by atoms with Crippen molar-refractivity contribution in [2.45, 2.75) is 26.7 Å². The largest absolute Gasteiger partial charge is 0.384 e. The first-order valence-corrected chi connectivity index (χ1v) is 5.76. The molecule has 0 aromatic carbocycles. The van der Waals surface area contributed by atoms with E-state index in [-0.39, 0.29) is 0 Å². The zero-order valence-corrected chi connectivity index (χ0v) is 10.6. The van der Waals surface area contributed by atoms with Crippen molar-refractivity contribution in [3.63, 3.8) is 0 Å². The molecule has 0 bridgehead atoms. The molecule has 0 radical (unpaired) electrons. The number of rotatable bonds is 10. The van der Waals surface area contributed by atoms with Crippen molar-refractivity contribution >= 4 is 0 Å². The van der Waals surface area contributed by atoms with Gasteiger partial charge in [0.05, 0.1) is 0 Å². The minimum Gasteiger partial charge on any atom is -0.384 e. The van der Waals surface area contributed by atoms with Crippen molar-refractivity contribution in [3.8, 4) is 0 Å². The molecule has 0 spiro atoms. The van der Waals surface area contributed by atoms with E-state index in [2.05, 4.69) is 13.8 Å². The first kappa shape index (κ1) is 14.9. The van der Waals surface area contributed by atoms with Gasteiger partial charge in [0.25, 0.3) is 0 Å².